The van der Waals surface area contributed by atoms with Crippen LogP contribution in [0.3, 0.4) is 0 Å². The van der Waals surface area contributed by atoms with Gasteiger partial charge in [-0.25, -0.2) is 0 Å². The molecule has 0 aliphatic rings. The lowest BCUT2D eigenvalue weighted by Crippen LogP contribution is -2.60. The third-order valence-electron chi connectivity index (χ3n) is 8.69. The first-order chi connectivity index (χ1) is 22.2. The van der Waals surface area contributed by atoms with Gasteiger partial charge in [0.25, 0.3) is 0 Å². The van der Waals surface area contributed by atoms with Crippen molar-refractivity contribution in [2.75, 3.05) is 7.05 Å². The number of carbonyl (C=O) groups excluding carboxylic acids is 3. The molecule has 0 spiro atoms. The van der Waals surface area contributed by atoms with Gasteiger partial charge in [-0.2, -0.15) is 0 Å². The highest BCUT2D eigenvalue weighted by Crippen LogP contribution is 2.22. The summed E-state index contributed by atoms with van der Waals surface area (Å²) in [5.41, 5.74) is 4.66. The van der Waals surface area contributed by atoms with Crippen molar-refractivity contribution in [3.8, 4) is 0 Å². The fraction of sp³-hybridized carbons (Fsp3) is 0.250. The first-order valence-corrected chi connectivity index (χ1v) is 15.5. The van der Waals surface area contributed by atoms with Gasteiger partial charge < -0.3 is 36.2 Å². The van der Waals surface area contributed by atoms with Crippen molar-refractivity contribution in [2.24, 2.45) is 0 Å². The first-order valence-electron chi connectivity index (χ1n) is 15.5. The number of likely N-dealkylation sites (N-methyl/N-ethyl adjacent to an activating group) is 1. The fourth-order valence-electron chi connectivity index (χ4n) is 5.81. The molecule has 10 heteroatoms. The smallest absolute Gasteiger partial charge is 0.244 e. The third-order valence-corrected chi connectivity index (χ3v) is 8.69. The number of nitrogens with one attached hydrogen (secondary N) is 7. The average molecular weight is 618 g/mol. The molecule has 7 N–H and O–H groups in total. The number of aromatic amines is 3. The van der Waals surface area contributed by atoms with E-state index in [2.05, 4.69) is 36.2 Å². The van der Waals surface area contributed by atoms with Crippen LogP contribution in [0.5, 0.6) is 0 Å². The normalized spacial score (nSPS) is 13.1. The molecule has 6 aromatic rings. The molecular formula is C36H39N7O3. The molecule has 3 aromatic carbocycles. The zero-order valence-corrected chi connectivity index (χ0v) is 26.2. The van der Waals surface area contributed by atoms with Crippen molar-refractivity contribution in [1.82, 2.24) is 36.2 Å². The van der Waals surface area contributed by atoms with E-state index >= 15 is 0 Å². The minimum absolute atomic E-state index is 0.135. The quantitative estimate of drug-likeness (QED) is 0.103. The van der Waals surface area contributed by atoms with Gasteiger partial charge in [0.15, 0.2) is 0 Å². The Hall–Kier alpha value is -5.35. The van der Waals surface area contributed by atoms with Crippen LogP contribution in [0, 0.1) is 0 Å². The van der Waals surface area contributed by atoms with Crippen LogP contribution in [0.1, 0.15) is 30.5 Å². The highest BCUT2D eigenvalue weighted by atomic mass is 16.2. The van der Waals surface area contributed by atoms with Gasteiger partial charge in [-0.15, -0.1) is 0 Å². The summed E-state index contributed by atoms with van der Waals surface area (Å²) in [7, 11) is 1.70. The van der Waals surface area contributed by atoms with Crippen LogP contribution in [-0.4, -0.2) is 57.5 Å². The van der Waals surface area contributed by atoms with E-state index in [1.807, 2.05) is 91.4 Å². The lowest BCUT2D eigenvalue weighted by Gasteiger charge is -2.28. The van der Waals surface area contributed by atoms with E-state index in [1.165, 1.54) is 0 Å². The van der Waals surface area contributed by atoms with E-state index in [-0.39, 0.29) is 24.7 Å². The van der Waals surface area contributed by atoms with Crippen molar-refractivity contribution < 1.29 is 14.4 Å². The van der Waals surface area contributed by atoms with Crippen LogP contribution >= 0.6 is 0 Å². The molecule has 46 heavy (non-hydrogen) atoms. The number of amides is 3. The summed E-state index contributed by atoms with van der Waals surface area (Å²) in [6.07, 6.45) is 5.59. The maximum Gasteiger partial charge on any atom is 0.244 e. The van der Waals surface area contributed by atoms with Crippen LogP contribution in [0.15, 0.2) is 91.4 Å². The van der Waals surface area contributed by atoms with E-state index in [0.29, 0.717) is 6.42 Å². The molecule has 0 aliphatic heterocycles. The van der Waals surface area contributed by atoms with Gasteiger partial charge in [-0.1, -0.05) is 54.6 Å². The van der Waals surface area contributed by atoms with E-state index < -0.39 is 23.7 Å². The molecule has 0 aliphatic carbocycles. The number of fused-ring (bicyclic) bond motifs is 3. The summed E-state index contributed by atoms with van der Waals surface area (Å²) in [6.45, 7) is 3.52. The fourth-order valence-corrected chi connectivity index (χ4v) is 5.81. The highest BCUT2D eigenvalue weighted by molar-refractivity contribution is 5.93. The number of hydrogen-bond acceptors (Lipinski definition) is 4. The molecule has 0 unspecified atom stereocenters. The molecule has 0 saturated carbocycles. The second-order valence-corrected chi connectivity index (χ2v) is 12.2. The third kappa shape index (κ3) is 6.52. The standard InChI is InChI=1S/C36H39N7O3/c1-36(2,37-3)35(46)41-31(16-22-19-38-28-13-7-4-10-25(22)28)34(45)43-32(17-23-20-39-29-14-8-5-11-26(23)29)42-33(44)18-24-21-40-30-15-9-6-12-27(24)30/h4-15,19-21,31-32,37-40H,16-18H2,1-3H3,(H,41,46)(H,42,44)(H,43,45)/t31-,32-/m1/s1. The van der Waals surface area contributed by atoms with E-state index in [9.17, 15) is 14.4 Å². The largest absolute Gasteiger partial charge is 0.361 e. The second-order valence-electron chi connectivity index (χ2n) is 12.2. The number of aromatic nitrogens is 3. The summed E-state index contributed by atoms with van der Waals surface area (Å²) in [5.74, 6) is -0.947. The van der Waals surface area contributed by atoms with Gasteiger partial charge in [0.05, 0.1) is 12.0 Å². The molecule has 0 bridgehead atoms. The summed E-state index contributed by atoms with van der Waals surface area (Å²) in [6, 6.07) is 22.7. The van der Waals surface area contributed by atoms with Gasteiger partial charge in [-0.05, 0) is 55.8 Å². The molecular weight excluding hydrogens is 578 g/mol. The maximum atomic E-state index is 14.1. The zero-order valence-electron chi connectivity index (χ0n) is 26.2. The number of H-pyrrole nitrogens is 3. The molecule has 0 fully saturated rings. The summed E-state index contributed by atoms with van der Waals surface area (Å²) in [5, 5.41) is 15.1. The molecule has 3 heterocycles. The van der Waals surface area contributed by atoms with Crippen molar-refractivity contribution in [3.63, 3.8) is 0 Å². The molecule has 0 radical (unpaired) electrons. The molecule has 0 saturated heterocycles. The van der Waals surface area contributed by atoms with E-state index in [0.717, 1.165) is 49.4 Å². The van der Waals surface area contributed by atoms with Crippen LogP contribution in [0.25, 0.3) is 32.7 Å². The first kappa shape index (κ1) is 30.7. The average Bonchev–Trinajstić information content (AvgIpc) is 3.78. The Balaban J connectivity index is 1.27. The number of benzene rings is 3. The van der Waals surface area contributed by atoms with E-state index in [1.54, 1.807) is 20.9 Å². The SMILES string of the molecule is CNC(C)(C)C(=O)N[C@H](Cc1c[nH]c2ccccc12)C(=O)N[C@H](Cc1c[nH]c2ccccc12)NC(=O)Cc1c[nH]c2ccccc12. The van der Waals surface area contributed by atoms with Crippen LogP contribution in [0.4, 0.5) is 0 Å². The molecule has 236 valence electrons. The highest BCUT2D eigenvalue weighted by Gasteiger charge is 2.32. The van der Waals surface area contributed by atoms with Crippen molar-refractivity contribution >= 4 is 50.4 Å². The summed E-state index contributed by atoms with van der Waals surface area (Å²) >= 11 is 0. The van der Waals surface area contributed by atoms with Gasteiger partial charge in [0.1, 0.15) is 12.2 Å². The number of carbonyl (C=O) groups is 3. The summed E-state index contributed by atoms with van der Waals surface area (Å²) in [4.78, 5) is 50.7. The van der Waals surface area contributed by atoms with Gasteiger partial charge >= 0.3 is 0 Å². The lowest BCUT2D eigenvalue weighted by molar-refractivity contribution is -0.132. The molecule has 3 amide bonds. The van der Waals surface area contributed by atoms with Gasteiger partial charge in [0.2, 0.25) is 17.7 Å². The molecule has 6 rings (SSSR count). The Morgan fingerprint density at radius 2 is 1.13 bits per heavy atom. The van der Waals surface area contributed by atoms with Crippen LogP contribution in [-0.2, 0) is 33.6 Å². The minimum atomic E-state index is -0.907. The predicted molar refractivity (Wildman–Crippen MR) is 181 cm³/mol. The van der Waals surface area contributed by atoms with Crippen molar-refractivity contribution in [3.05, 3.63) is 108 Å². The van der Waals surface area contributed by atoms with E-state index in [4.69, 9.17) is 0 Å². The molecule has 2 atom stereocenters. The predicted octanol–water partition coefficient (Wildman–Crippen LogP) is 4.20. The number of rotatable bonds is 12. The lowest BCUT2D eigenvalue weighted by atomic mass is 10.0. The van der Waals surface area contributed by atoms with Crippen LogP contribution in [0.2, 0.25) is 0 Å². The summed E-state index contributed by atoms with van der Waals surface area (Å²) < 4.78 is 0. The Kier molecular flexibility index (Phi) is 8.63. The zero-order chi connectivity index (χ0) is 32.3. The monoisotopic (exact) mass is 617 g/mol. The molecule has 10 nitrogen and oxygen atoms in total. The second kappa shape index (κ2) is 12.9. The van der Waals surface area contributed by atoms with Gasteiger partial charge in [-0.3, -0.25) is 14.4 Å². The molecule has 3 aromatic heterocycles. The Labute approximate surface area is 266 Å². The Morgan fingerprint density at radius 3 is 1.67 bits per heavy atom. The van der Waals surface area contributed by atoms with Crippen molar-refractivity contribution in [2.45, 2.75) is 50.9 Å². The number of para-hydroxylation sites is 3. The number of hydrogen-bond donors (Lipinski definition) is 7. The Bertz CT molecular complexity index is 2020. The van der Waals surface area contributed by atoms with Crippen molar-refractivity contribution in [1.29, 1.82) is 0 Å². The topological polar surface area (TPSA) is 147 Å². The maximum absolute atomic E-state index is 14.1. The van der Waals surface area contributed by atoms with Crippen LogP contribution < -0.4 is 21.3 Å². The minimum Gasteiger partial charge on any atom is -0.361 e. The Morgan fingerprint density at radius 1 is 0.652 bits per heavy atom. The van der Waals surface area contributed by atoms with Gasteiger partial charge in [0, 0.05) is 64.1 Å².